The van der Waals surface area contributed by atoms with Gasteiger partial charge >= 0.3 is 0 Å². The van der Waals surface area contributed by atoms with Gasteiger partial charge in [-0.25, -0.2) is 4.98 Å². The van der Waals surface area contributed by atoms with E-state index < -0.39 is 0 Å². The van der Waals surface area contributed by atoms with Crippen molar-refractivity contribution >= 4 is 21.8 Å². The molecule has 6 rings (SSSR count). The van der Waals surface area contributed by atoms with Crippen molar-refractivity contribution in [2.24, 2.45) is 0 Å². The van der Waals surface area contributed by atoms with E-state index >= 15 is 0 Å². The first kappa shape index (κ1) is 21.2. The first-order valence-electron chi connectivity index (χ1n) is 11.9. The highest BCUT2D eigenvalue weighted by atomic mass is 15.2. The van der Waals surface area contributed by atoms with E-state index in [4.69, 9.17) is 15.0 Å². The van der Waals surface area contributed by atoms with Gasteiger partial charge in [0.2, 0.25) is 5.95 Å². The van der Waals surface area contributed by atoms with E-state index in [2.05, 4.69) is 117 Å². The van der Waals surface area contributed by atoms with Crippen LogP contribution in [0.1, 0.15) is 22.3 Å². The fourth-order valence-electron chi connectivity index (χ4n) is 4.59. The van der Waals surface area contributed by atoms with Gasteiger partial charge < -0.3 is 0 Å². The number of benzene rings is 4. The van der Waals surface area contributed by atoms with Crippen LogP contribution in [0.15, 0.2) is 84.9 Å². The third-order valence-corrected chi connectivity index (χ3v) is 6.52. The van der Waals surface area contributed by atoms with Gasteiger partial charge in [0.05, 0.1) is 11.0 Å². The molecule has 4 nitrogen and oxygen atoms in total. The van der Waals surface area contributed by atoms with Crippen LogP contribution in [-0.4, -0.2) is 19.5 Å². The second-order valence-corrected chi connectivity index (χ2v) is 9.39. The quantitative estimate of drug-likeness (QED) is 0.277. The fourth-order valence-corrected chi connectivity index (χ4v) is 4.59. The van der Waals surface area contributed by atoms with Gasteiger partial charge in [0, 0.05) is 21.9 Å². The Kier molecular flexibility index (Phi) is 4.96. The average molecular weight is 455 g/mol. The van der Waals surface area contributed by atoms with Crippen LogP contribution in [0.25, 0.3) is 50.5 Å². The lowest BCUT2D eigenvalue weighted by molar-refractivity contribution is 0.953. The standard InChI is InChI=1S/C31H26N4/c1-19-5-11-23(12-6-19)29-32-30(24-13-7-20(2)8-14-24)34-31(33-29)35-27-15-9-21(3)17-25(27)26-18-22(4)10-16-28(26)35/h5-18H,1-4H3. The molecular weight excluding hydrogens is 428 g/mol. The van der Waals surface area contributed by atoms with Crippen molar-refractivity contribution in [3.8, 4) is 28.7 Å². The first-order chi connectivity index (χ1) is 17.0. The molecular formula is C31H26N4. The molecule has 0 aliphatic carbocycles. The summed E-state index contributed by atoms with van der Waals surface area (Å²) in [4.78, 5) is 14.9. The molecule has 4 aromatic carbocycles. The van der Waals surface area contributed by atoms with Crippen LogP contribution in [0, 0.1) is 27.7 Å². The van der Waals surface area contributed by atoms with Crippen LogP contribution in [0.3, 0.4) is 0 Å². The molecule has 0 N–H and O–H groups in total. The lowest BCUT2D eigenvalue weighted by atomic mass is 10.1. The van der Waals surface area contributed by atoms with Crippen LogP contribution < -0.4 is 0 Å². The molecule has 2 aromatic heterocycles. The number of nitrogens with zero attached hydrogens (tertiary/aromatic N) is 4. The molecule has 0 saturated heterocycles. The molecule has 2 heterocycles. The number of fused-ring (bicyclic) bond motifs is 3. The molecule has 4 heteroatoms. The molecule has 0 aliphatic heterocycles. The van der Waals surface area contributed by atoms with Crippen molar-refractivity contribution in [3.63, 3.8) is 0 Å². The predicted octanol–water partition coefficient (Wildman–Crippen LogP) is 7.54. The Labute approximate surface area is 205 Å². The molecule has 0 saturated carbocycles. The first-order valence-corrected chi connectivity index (χ1v) is 11.9. The second-order valence-electron chi connectivity index (χ2n) is 9.39. The van der Waals surface area contributed by atoms with E-state index in [0.717, 1.165) is 22.2 Å². The van der Waals surface area contributed by atoms with Crippen LogP contribution >= 0.6 is 0 Å². The van der Waals surface area contributed by atoms with Crippen LogP contribution in [0.5, 0.6) is 0 Å². The summed E-state index contributed by atoms with van der Waals surface area (Å²) in [7, 11) is 0. The summed E-state index contributed by atoms with van der Waals surface area (Å²) < 4.78 is 2.17. The molecule has 0 amide bonds. The van der Waals surface area contributed by atoms with Gasteiger partial charge in [-0.2, -0.15) is 9.97 Å². The zero-order valence-corrected chi connectivity index (χ0v) is 20.4. The monoisotopic (exact) mass is 454 g/mol. The van der Waals surface area contributed by atoms with Crippen molar-refractivity contribution in [2.45, 2.75) is 27.7 Å². The molecule has 0 spiro atoms. The van der Waals surface area contributed by atoms with Gasteiger partial charge in [0.25, 0.3) is 0 Å². The second kappa shape index (κ2) is 8.17. The summed E-state index contributed by atoms with van der Waals surface area (Å²) in [5.74, 6) is 1.96. The molecule has 35 heavy (non-hydrogen) atoms. The Morgan fingerprint density at radius 1 is 0.457 bits per heavy atom. The van der Waals surface area contributed by atoms with E-state index in [-0.39, 0.29) is 0 Å². The maximum atomic E-state index is 5.00. The normalized spacial score (nSPS) is 11.4. The lowest BCUT2D eigenvalue weighted by Gasteiger charge is -2.11. The Bertz CT molecular complexity index is 1590. The number of hydrogen-bond acceptors (Lipinski definition) is 3. The van der Waals surface area contributed by atoms with Crippen LogP contribution in [0.2, 0.25) is 0 Å². The fraction of sp³-hybridized carbons (Fsp3) is 0.129. The highest BCUT2D eigenvalue weighted by molar-refractivity contribution is 6.09. The number of rotatable bonds is 3. The van der Waals surface area contributed by atoms with Crippen LogP contribution in [0.4, 0.5) is 0 Å². The molecule has 6 aromatic rings. The SMILES string of the molecule is Cc1ccc(-c2nc(-c3ccc(C)cc3)nc(-n3c4ccc(C)cc4c4cc(C)ccc43)n2)cc1. The molecule has 0 fully saturated rings. The smallest absolute Gasteiger partial charge is 0.238 e. The van der Waals surface area contributed by atoms with Gasteiger partial charge in [0.15, 0.2) is 11.6 Å². The predicted molar refractivity (Wildman–Crippen MR) is 144 cm³/mol. The highest BCUT2D eigenvalue weighted by Gasteiger charge is 2.18. The summed E-state index contributed by atoms with van der Waals surface area (Å²) in [5.41, 5.74) is 8.99. The van der Waals surface area contributed by atoms with Gasteiger partial charge in [-0.3, -0.25) is 4.57 Å². The molecule has 0 radical (unpaired) electrons. The topological polar surface area (TPSA) is 43.6 Å². The molecule has 0 unspecified atom stereocenters. The van der Waals surface area contributed by atoms with Crippen molar-refractivity contribution < 1.29 is 0 Å². The van der Waals surface area contributed by atoms with Crippen molar-refractivity contribution in [1.29, 1.82) is 0 Å². The number of hydrogen-bond donors (Lipinski definition) is 0. The Morgan fingerprint density at radius 3 is 1.29 bits per heavy atom. The summed E-state index contributed by atoms with van der Waals surface area (Å²) >= 11 is 0. The zero-order valence-electron chi connectivity index (χ0n) is 20.4. The van der Waals surface area contributed by atoms with Crippen molar-refractivity contribution in [2.75, 3.05) is 0 Å². The van der Waals surface area contributed by atoms with Crippen molar-refractivity contribution in [3.05, 3.63) is 107 Å². The van der Waals surface area contributed by atoms with E-state index in [0.29, 0.717) is 17.6 Å². The minimum Gasteiger partial charge on any atom is -0.278 e. The van der Waals surface area contributed by atoms with E-state index in [1.807, 2.05) is 0 Å². The van der Waals surface area contributed by atoms with E-state index in [1.54, 1.807) is 0 Å². The largest absolute Gasteiger partial charge is 0.278 e. The summed E-state index contributed by atoms with van der Waals surface area (Å²) in [6.45, 7) is 8.43. The maximum Gasteiger partial charge on any atom is 0.238 e. The summed E-state index contributed by atoms with van der Waals surface area (Å²) in [6, 6.07) is 29.8. The van der Waals surface area contributed by atoms with E-state index in [1.165, 1.54) is 33.0 Å². The average Bonchev–Trinajstić information content (AvgIpc) is 3.17. The Balaban J connectivity index is 1.68. The third kappa shape index (κ3) is 3.77. The molecule has 0 bridgehead atoms. The lowest BCUT2D eigenvalue weighted by Crippen LogP contribution is -2.06. The van der Waals surface area contributed by atoms with E-state index in [9.17, 15) is 0 Å². The van der Waals surface area contributed by atoms with Gasteiger partial charge in [0.1, 0.15) is 0 Å². The summed E-state index contributed by atoms with van der Waals surface area (Å²) in [6.07, 6.45) is 0. The van der Waals surface area contributed by atoms with Gasteiger partial charge in [-0.05, 0) is 52.0 Å². The van der Waals surface area contributed by atoms with Gasteiger partial charge in [-0.15, -0.1) is 0 Å². The molecule has 0 aliphatic rings. The van der Waals surface area contributed by atoms with Crippen molar-refractivity contribution in [1.82, 2.24) is 19.5 Å². The molecule has 170 valence electrons. The van der Waals surface area contributed by atoms with Gasteiger partial charge in [-0.1, -0.05) is 82.9 Å². The minimum atomic E-state index is 0.624. The van der Waals surface area contributed by atoms with Crippen LogP contribution in [-0.2, 0) is 0 Å². The maximum absolute atomic E-state index is 5.00. The Morgan fingerprint density at radius 2 is 0.857 bits per heavy atom. The Hall–Kier alpha value is -4.31. The highest BCUT2D eigenvalue weighted by Crippen LogP contribution is 2.33. The zero-order chi connectivity index (χ0) is 24.1. The number of aryl methyl sites for hydroxylation is 4. The molecule has 0 atom stereocenters. The number of aromatic nitrogens is 4. The minimum absolute atomic E-state index is 0.624. The summed E-state index contributed by atoms with van der Waals surface area (Å²) in [5, 5.41) is 2.41. The third-order valence-electron chi connectivity index (χ3n) is 6.52.